The number of unbranched alkanes of at least 4 members (excludes halogenated alkanes) is 5. The lowest BCUT2D eigenvalue weighted by Crippen LogP contribution is -2.18. The molecule has 2 aromatic rings. The highest BCUT2D eigenvalue weighted by molar-refractivity contribution is 6.03. The van der Waals surface area contributed by atoms with E-state index in [0.29, 0.717) is 36.2 Å². The van der Waals surface area contributed by atoms with Crippen LogP contribution in [0.4, 0.5) is 0 Å². The summed E-state index contributed by atoms with van der Waals surface area (Å²) in [6.07, 6.45) is 9.85. The van der Waals surface area contributed by atoms with E-state index in [1.807, 2.05) is 18.2 Å². The van der Waals surface area contributed by atoms with Crippen molar-refractivity contribution in [2.24, 2.45) is 0 Å². The highest BCUT2D eigenvalue weighted by Crippen LogP contribution is 2.48. The highest BCUT2D eigenvalue weighted by atomic mass is 16.5. The van der Waals surface area contributed by atoms with E-state index in [2.05, 4.69) is 36.8 Å². The van der Waals surface area contributed by atoms with Crippen molar-refractivity contribution in [1.29, 1.82) is 0 Å². The van der Waals surface area contributed by atoms with Crippen LogP contribution in [0.2, 0.25) is 0 Å². The largest absolute Gasteiger partial charge is 0.496 e. The number of likely N-dealkylation sites (N-methyl/N-ethyl adjacent to an activating group) is 1. The first kappa shape index (κ1) is 35.5. The van der Waals surface area contributed by atoms with Crippen molar-refractivity contribution in [2.75, 3.05) is 68.3 Å². The molecular formula is C35H54N2O7. The third-order valence-electron chi connectivity index (χ3n) is 8.20. The number of ether oxygens (including phenoxy) is 6. The van der Waals surface area contributed by atoms with Crippen molar-refractivity contribution < 1.29 is 33.2 Å². The first-order chi connectivity index (χ1) is 21.2. The molecule has 0 bridgehead atoms. The predicted octanol–water partition coefficient (Wildman–Crippen LogP) is 6.77. The number of piperazine rings is 1. The fourth-order valence-corrected chi connectivity index (χ4v) is 5.65. The molecule has 2 heterocycles. The first-order valence-corrected chi connectivity index (χ1v) is 15.9. The molecule has 0 saturated carbocycles. The summed E-state index contributed by atoms with van der Waals surface area (Å²) >= 11 is 0. The lowest BCUT2D eigenvalue weighted by Gasteiger charge is -2.24. The van der Waals surface area contributed by atoms with E-state index < -0.39 is 0 Å². The summed E-state index contributed by atoms with van der Waals surface area (Å²) < 4.78 is 34.6. The summed E-state index contributed by atoms with van der Waals surface area (Å²) in [4.78, 5) is 15.7. The molecule has 0 N–H and O–H groups in total. The van der Waals surface area contributed by atoms with Gasteiger partial charge in [0.1, 0.15) is 23.0 Å². The molecule has 0 aliphatic carbocycles. The Morgan fingerprint density at radius 2 is 1.45 bits per heavy atom. The van der Waals surface area contributed by atoms with Gasteiger partial charge in [-0.25, -0.2) is 0 Å². The van der Waals surface area contributed by atoms with Crippen LogP contribution in [0.15, 0.2) is 29.8 Å². The first-order valence-electron chi connectivity index (χ1n) is 15.9. The van der Waals surface area contributed by atoms with Crippen molar-refractivity contribution >= 4 is 16.7 Å². The van der Waals surface area contributed by atoms with E-state index in [-0.39, 0.29) is 12.1 Å². The van der Waals surface area contributed by atoms with Gasteiger partial charge < -0.3 is 28.4 Å². The van der Waals surface area contributed by atoms with Gasteiger partial charge in [-0.3, -0.25) is 14.6 Å². The van der Waals surface area contributed by atoms with Gasteiger partial charge in [0.05, 0.1) is 58.1 Å². The van der Waals surface area contributed by atoms with Crippen LogP contribution in [0.5, 0.6) is 23.0 Å². The van der Waals surface area contributed by atoms with E-state index in [0.717, 1.165) is 67.4 Å². The van der Waals surface area contributed by atoms with Gasteiger partial charge in [0, 0.05) is 38.7 Å². The maximum absolute atomic E-state index is 10.8. The van der Waals surface area contributed by atoms with E-state index in [1.54, 1.807) is 28.4 Å². The number of carbonyl (C=O) groups excluding carboxylic acids is 1. The van der Waals surface area contributed by atoms with E-state index in [1.165, 1.54) is 32.1 Å². The zero-order chi connectivity index (χ0) is 32.1. The Morgan fingerprint density at radius 1 is 0.841 bits per heavy atom. The van der Waals surface area contributed by atoms with Crippen LogP contribution in [0.25, 0.3) is 10.8 Å². The van der Waals surface area contributed by atoms with Crippen LogP contribution < -0.4 is 18.9 Å². The molecule has 246 valence electrons. The Morgan fingerprint density at radius 3 is 1.93 bits per heavy atom. The summed E-state index contributed by atoms with van der Waals surface area (Å²) in [7, 11) is 8.80. The van der Waals surface area contributed by atoms with Gasteiger partial charge in [0.25, 0.3) is 0 Å². The minimum atomic E-state index is -0.210. The van der Waals surface area contributed by atoms with Gasteiger partial charge in [-0.1, -0.05) is 37.3 Å². The van der Waals surface area contributed by atoms with Crippen LogP contribution in [0, 0.1) is 0 Å². The van der Waals surface area contributed by atoms with Crippen molar-refractivity contribution in [3.63, 3.8) is 0 Å². The number of fused-ring (bicyclic) bond motifs is 2. The Hall–Kier alpha value is -3.01. The molecule has 0 amide bonds. The summed E-state index contributed by atoms with van der Waals surface area (Å²) in [6.45, 7) is 10.7. The Balaban J connectivity index is 0.000000649. The molecular weight excluding hydrogens is 560 g/mol. The van der Waals surface area contributed by atoms with Crippen LogP contribution in [0.1, 0.15) is 77.4 Å². The number of carbonyl (C=O) groups is 1. The lowest BCUT2D eigenvalue weighted by molar-refractivity contribution is -0.141. The number of methoxy groups -OCH3 is 4. The molecule has 2 aliphatic heterocycles. The second kappa shape index (κ2) is 18.1. The third kappa shape index (κ3) is 10.0. The number of allylic oxidation sites excluding steroid dienone is 1. The molecule has 2 fully saturated rings. The van der Waals surface area contributed by atoms with Crippen LogP contribution in [0.3, 0.4) is 0 Å². The van der Waals surface area contributed by atoms with Gasteiger partial charge in [0.15, 0.2) is 0 Å². The van der Waals surface area contributed by atoms with Gasteiger partial charge in [-0.05, 0) is 58.4 Å². The van der Waals surface area contributed by atoms with Crippen LogP contribution >= 0.6 is 0 Å². The van der Waals surface area contributed by atoms with Gasteiger partial charge in [-0.2, -0.15) is 0 Å². The van der Waals surface area contributed by atoms with E-state index >= 15 is 0 Å². The van der Waals surface area contributed by atoms with E-state index in [4.69, 9.17) is 28.4 Å². The lowest BCUT2D eigenvalue weighted by atomic mass is 9.97. The molecule has 44 heavy (non-hydrogen) atoms. The fourth-order valence-electron chi connectivity index (χ4n) is 5.65. The average molecular weight is 615 g/mol. The smallest absolute Gasteiger partial charge is 0.302 e. The fraction of sp³-hybridized carbons (Fsp3) is 0.629. The summed E-state index contributed by atoms with van der Waals surface area (Å²) in [5.41, 5.74) is 2.15. The quantitative estimate of drug-likeness (QED) is 0.0831. The van der Waals surface area contributed by atoms with Crippen molar-refractivity contribution in [3.05, 3.63) is 35.4 Å². The monoisotopic (exact) mass is 614 g/mol. The number of hydrogen-bond acceptors (Lipinski definition) is 9. The second-order valence-corrected chi connectivity index (χ2v) is 11.7. The SMILES string of the molecule is CN1CCN2CC12.COc1ccc(OC)c2c(OC)c(C(CC=C(C)C)OCCCCCCCCOC(C)=O)cc(OC)c12. The van der Waals surface area contributed by atoms with Crippen LogP contribution in [-0.2, 0) is 14.3 Å². The van der Waals surface area contributed by atoms with Crippen molar-refractivity contribution in [2.45, 2.75) is 78.0 Å². The zero-order valence-electron chi connectivity index (χ0n) is 28.2. The molecule has 2 aliphatic rings. The molecule has 4 rings (SSSR count). The molecule has 3 atom stereocenters. The summed E-state index contributed by atoms with van der Waals surface area (Å²) in [5.74, 6) is 2.54. The molecule has 9 heteroatoms. The standard InChI is InChI=1S/C30H44O7.C5H10N2/c1-21(2)14-15-24(37-19-13-11-9-8-10-12-18-36-22(3)31)23-20-27(34-6)28-25(32-4)16-17-26(33-5)29(28)30(23)35-7;1-6-2-3-7-4-5(6)7/h14,16-17,20,24H,8-13,15,18-19H2,1-7H3;5H,2-4H2,1H3. The maximum atomic E-state index is 10.8. The molecule has 3 unspecified atom stereocenters. The van der Waals surface area contributed by atoms with Crippen molar-refractivity contribution in [3.8, 4) is 23.0 Å². The number of hydrogen-bond donors (Lipinski definition) is 0. The summed E-state index contributed by atoms with van der Waals surface area (Å²) in [6, 6.07) is 5.75. The number of rotatable bonds is 17. The Labute approximate surface area is 264 Å². The highest BCUT2D eigenvalue weighted by Gasteiger charge is 2.42. The zero-order valence-corrected chi connectivity index (χ0v) is 28.2. The topological polar surface area (TPSA) is 78.7 Å². The normalized spacial score (nSPS) is 17.6. The molecule has 0 spiro atoms. The molecule has 0 radical (unpaired) electrons. The number of benzene rings is 2. The summed E-state index contributed by atoms with van der Waals surface area (Å²) in [5, 5.41) is 1.61. The van der Waals surface area contributed by atoms with E-state index in [9.17, 15) is 4.79 Å². The predicted molar refractivity (Wildman–Crippen MR) is 175 cm³/mol. The van der Waals surface area contributed by atoms with Gasteiger partial charge >= 0.3 is 5.97 Å². The minimum absolute atomic E-state index is 0.206. The molecule has 0 aromatic heterocycles. The Bertz CT molecular complexity index is 1230. The Kier molecular flexibility index (Phi) is 14.6. The number of esters is 1. The van der Waals surface area contributed by atoms with Gasteiger partial charge in [0.2, 0.25) is 0 Å². The van der Waals surface area contributed by atoms with Crippen LogP contribution in [-0.4, -0.2) is 90.3 Å². The third-order valence-corrected chi connectivity index (χ3v) is 8.20. The maximum Gasteiger partial charge on any atom is 0.302 e. The average Bonchev–Trinajstić information content (AvgIpc) is 3.72. The van der Waals surface area contributed by atoms with Gasteiger partial charge in [-0.15, -0.1) is 0 Å². The molecule has 9 nitrogen and oxygen atoms in total. The molecule has 2 aromatic carbocycles. The second-order valence-electron chi connectivity index (χ2n) is 11.7. The van der Waals surface area contributed by atoms with Crippen molar-refractivity contribution in [1.82, 2.24) is 9.80 Å². The molecule has 2 saturated heterocycles. The number of nitrogens with zero attached hydrogens (tertiary/aromatic N) is 2. The minimum Gasteiger partial charge on any atom is -0.496 e.